The van der Waals surface area contributed by atoms with Crippen LogP contribution in [-0.2, 0) is 0 Å². The highest BCUT2D eigenvalue weighted by atomic mass is 19.3. The highest BCUT2D eigenvalue weighted by molar-refractivity contribution is 5.39. The van der Waals surface area contributed by atoms with Crippen molar-refractivity contribution in [3.8, 4) is 5.75 Å². The Morgan fingerprint density at radius 1 is 1.05 bits per heavy atom. The lowest BCUT2D eigenvalue weighted by atomic mass is 9.93. The number of rotatable bonds is 2. The largest absolute Gasteiger partial charge is 0.485 e. The number of fused-ring (bicyclic) bond motifs is 1. The Bertz CT molecular complexity index is 598. The lowest BCUT2D eigenvalue weighted by Gasteiger charge is -2.30. The van der Waals surface area contributed by atoms with E-state index in [-0.39, 0.29) is 17.7 Å². The van der Waals surface area contributed by atoms with Crippen LogP contribution < -0.4 is 10.5 Å². The summed E-state index contributed by atoms with van der Waals surface area (Å²) in [7, 11) is 0. The average molecular weight is 275 g/mol. The van der Waals surface area contributed by atoms with E-state index < -0.39 is 6.43 Å². The molecule has 2 nitrogen and oxygen atoms in total. The van der Waals surface area contributed by atoms with E-state index in [4.69, 9.17) is 10.5 Å². The van der Waals surface area contributed by atoms with Crippen LogP contribution in [0.15, 0.2) is 48.5 Å². The molecule has 104 valence electrons. The van der Waals surface area contributed by atoms with Crippen molar-refractivity contribution >= 4 is 0 Å². The molecule has 1 aliphatic heterocycles. The fraction of sp³-hybridized carbons (Fsp3) is 0.250. The molecule has 1 heterocycles. The Morgan fingerprint density at radius 2 is 1.75 bits per heavy atom. The predicted molar refractivity (Wildman–Crippen MR) is 72.8 cm³/mol. The fourth-order valence-corrected chi connectivity index (χ4v) is 2.51. The van der Waals surface area contributed by atoms with Crippen LogP contribution in [0.2, 0.25) is 0 Å². The quantitative estimate of drug-likeness (QED) is 0.893. The molecule has 0 radical (unpaired) electrons. The molecule has 2 N–H and O–H groups in total. The number of nitrogens with two attached hydrogens (primary N) is 1. The van der Waals surface area contributed by atoms with Gasteiger partial charge in [0.1, 0.15) is 11.9 Å². The minimum Gasteiger partial charge on any atom is -0.485 e. The van der Waals surface area contributed by atoms with Crippen LogP contribution in [0, 0.1) is 0 Å². The molecular formula is C16H15F2NO. The maximum absolute atomic E-state index is 12.5. The Labute approximate surface area is 116 Å². The van der Waals surface area contributed by atoms with Crippen LogP contribution in [0.5, 0.6) is 5.75 Å². The zero-order valence-corrected chi connectivity index (χ0v) is 10.8. The highest BCUT2D eigenvalue weighted by Crippen LogP contribution is 2.39. The smallest absolute Gasteiger partial charge is 0.263 e. The zero-order valence-electron chi connectivity index (χ0n) is 10.8. The van der Waals surface area contributed by atoms with Gasteiger partial charge in [0.25, 0.3) is 6.43 Å². The van der Waals surface area contributed by atoms with Crippen LogP contribution in [0.1, 0.15) is 41.7 Å². The summed E-state index contributed by atoms with van der Waals surface area (Å²) in [6.07, 6.45) is -1.99. The monoisotopic (exact) mass is 275 g/mol. The lowest BCUT2D eigenvalue weighted by molar-refractivity contribution is 0.150. The molecule has 3 rings (SSSR count). The summed E-state index contributed by atoms with van der Waals surface area (Å²) in [6.45, 7) is 0. The fourth-order valence-electron chi connectivity index (χ4n) is 2.51. The number of alkyl halides is 2. The van der Waals surface area contributed by atoms with Gasteiger partial charge in [0, 0.05) is 23.6 Å². The molecule has 0 saturated heterocycles. The molecule has 0 aromatic heterocycles. The minimum atomic E-state index is -2.45. The van der Waals surface area contributed by atoms with Gasteiger partial charge in [-0.15, -0.1) is 0 Å². The second kappa shape index (κ2) is 5.21. The second-order valence-electron chi connectivity index (χ2n) is 4.95. The van der Waals surface area contributed by atoms with Gasteiger partial charge in [-0.2, -0.15) is 0 Å². The topological polar surface area (TPSA) is 35.2 Å². The predicted octanol–water partition coefficient (Wildman–Crippen LogP) is 4.15. The van der Waals surface area contributed by atoms with Gasteiger partial charge in [-0.3, -0.25) is 0 Å². The molecule has 0 aliphatic carbocycles. The van der Waals surface area contributed by atoms with E-state index in [2.05, 4.69) is 0 Å². The summed E-state index contributed by atoms with van der Waals surface area (Å²) in [4.78, 5) is 0. The van der Waals surface area contributed by atoms with Crippen LogP contribution in [-0.4, -0.2) is 0 Å². The minimum absolute atomic E-state index is 0.0225. The molecule has 0 amide bonds. The summed E-state index contributed by atoms with van der Waals surface area (Å²) >= 11 is 0. The molecule has 20 heavy (non-hydrogen) atoms. The molecule has 2 aromatic rings. The maximum Gasteiger partial charge on any atom is 0.263 e. The summed E-state index contributed by atoms with van der Waals surface area (Å²) in [5.74, 6) is 0.772. The normalized spacial score (nSPS) is 21.4. The third-order valence-electron chi connectivity index (χ3n) is 3.62. The molecule has 1 unspecified atom stereocenters. The summed E-state index contributed by atoms with van der Waals surface area (Å²) < 4.78 is 31.0. The van der Waals surface area contributed by atoms with E-state index >= 15 is 0 Å². The van der Waals surface area contributed by atoms with Gasteiger partial charge in [0.2, 0.25) is 0 Å². The van der Waals surface area contributed by atoms with Crippen LogP contribution >= 0.6 is 0 Å². The van der Waals surface area contributed by atoms with Crippen molar-refractivity contribution in [1.82, 2.24) is 0 Å². The molecular weight excluding hydrogens is 260 g/mol. The van der Waals surface area contributed by atoms with E-state index in [0.29, 0.717) is 6.42 Å². The van der Waals surface area contributed by atoms with Crippen molar-refractivity contribution in [1.29, 1.82) is 0 Å². The highest BCUT2D eigenvalue weighted by Gasteiger charge is 2.26. The number of para-hydroxylation sites is 1. The van der Waals surface area contributed by atoms with Crippen LogP contribution in [0.3, 0.4) is 0 Å². The van der Waals surface area contributed by atoms with Gasteiger partial charge in [0.15, 0.2) is 0 Å². The summed E-state index contributed by atoms with van der Waals surface area (Å²) in [5.41, 5.74) is 8.04. The van der Waals surface area contributed by atoms with Gasteiger partial charge in [-0.1, -0.05) is 42.5 Å². The number of halogens is 2. The number of benzene rings is 2. The van der Waals surface area contributed by atoms with Gasteiger partial charge in [-0.25, -0.2) is 8.78 Å². The molecule has 0 spiro atoms. The maximum atomic E-state index is 12.5. The SMILES string of the molecule is N[C@@H]1CC(c2ccc(C(F)F)cc2)Oc2ccccc21. The van der Waals surface area contributed by atoms with Crippen molar-refractivity contribution in [3.05, 3.63) is 65.2 Å². The van der Waals surface area contributed by atoms with E-state index in [9.17, 15) is 8.78 Å². The van der Waals surface area contributed by atoms with Gasteiger partial charge >= 0.3 is 0 Å². The van der Waals surface area contributed by atoms with Crippen molar-refractivity contribution in [2.24, 2.45) is 5.73 Å². The average Bonchev–Trinajstić information content (AvgIpc) is 2.47. The molecule has 2 atom stereocenters. The number of ether oxygens (including phenoxy) is 1. The van der Waals surface area contributed by atoms with E-state index in [1.807, 2.05) is 24.3 Å². The van der Waals surface area contributed by atoms with Gasteiger partial charge in [-0.05, 0) is 11.6 Å². The Morgan fingerprint density at radius 3 is 2.45 bits per heavy atom. The van der Waals surface area contributed by atoms with Crippen molar-refractivity contribution < 1.29 is 13.5 Å². The first kappa shape index (κ1) is 13.1. The van der Waals surface area contributed by atoms with Gasteiger partial charge < -0.3 is 10.5 Å². The zero-order chi connectivity index (χ0) is 14.1. The molecule has 4 heteroatoms. The van der Waals surface area contributed by atoms with Crippen LogP contribution in [0.25, 0.3) is 0 Å². The molecule has 2 aromatic carbocycles. The Balaban J connectivity index is 1.86. The van der Waals surface area contributed by atoms with Crippen molar-refractivity contribution in [3.63, 3.8) is 0 Å². The first-order valence-electron chi connectivity index (χ1n) is 6.54. The number of hydrogen-bond donors (Lipinski definition) is 1. The molecule has 1 aliphatic rings. The first-order valence-corrected chi connectivity index (χ1v) is 6.54. The molecule has 0 fully saturated rings. The van der Waals surface area contributed by atoms with Gasteiger partial charge in [0.05, 0.1) is 0 Å². The van der Waals surface area contributed by atoms with Crippen molar-refractivity contribution in [2.45, 2.75) is 25.0 Å². The second-order valence-corrected chi connectivity index (χ2v) is 4.95. The Kier molecular flexibility index (Phi) is 3.40. The first-order chi connectivity index (χ1) is 9.65. The summed E-state index contributed by atoms with van der Waals surface area (Å²) in [5, 5.41) is 0. The van der Waals surface area contributed by atoms with Crippen molar-refractivity contribution in [2.75, 3.05) is 0 Å². The Hall–Kier alpha value is -1.94. The third-order valence-corrected chi connectivity index (χ3v) is 3.62. The standard InChI is InChI=1S/C16H15F2NO/c17-16(18)11-7-5-10(6-8-11)15-9-13(19)12-3-1-2-4-14(12)20-15/h1-8,13,15-16H,9,19H2/t13-,15?/m1/s1. The molecule has 0 bridgehead atoms. The molecule has 0 saturated carbocycles. The summed E-state index contributed by atoms with van der Waals surface area (Å²) in [6, 6.07) is 13.8. The number of hydrogen-bond acceptors (Lipinski definition) is 2. The van der Waals surface area contributed by atoms with Crippen LogP contribution in [0.4, 0.5) is 8.78 Å². The van der Waals surface area contributed by atoms with E-state index in [1.165, 1.54) is 12.1 Å². The van der Waals surface area contributed by atoms with E-state index in [0.717, 1.165) is 16.9 Å². The lowest BCUT2D eigenvalue weighted by Crippen LogP contribution is -2.24. The van der Waals surface area contributed by atoms with E-state index in [1.54, 1.807) is 12.1 Å². The third kappa shape index (κ3) is 2.39.